The topological polar surface area (TPSA) is 72.2 Å². The van der Waals surface area contributed by atoms with Crippen molar-refractivity contribution in [2.45, 2.75) is 32.7 Å². The first kappa shape index (κ1) is 13.2. The second kappa shape index (κ2) is 4.99. The molecule has 3 N–H and O–H groups in total. The van der Waals surface area contributed by atoms with Gasteiger partial charge in [0.15, 0.2) is 5.78 Å². The minimum atomic E-state index is -0.399. The second-order valence-electron chi connectivity index (χ2n) is 4.79. The molecule has 4 heteroatoms. The van der Waals surface area contributed by atoms with Crippen LogP contribution in [0, 0.1) is 0 Å². The molecule has 0 aromatic heterocycles. The van der Waals surface area contributed by atoms with Gasteiger partial charge in [-0.05, 0) is 45.0 Å². The Hall–Kier alpha value is -1.84. The molecule has 1 amide bonds. The van der Waals surface area contributed by atoms with Crippen molar-refractivity contribution in [3.05, 3.63) is 29.8 Å². The molecule has 1 rings (SSSR count). The molecule has 17 heavy (non-hydrogen) atoms. The molecular weight excluding hydrogens is 216 g/mol. The van der Waals surface area contributed by atoms with E-state index in [1.165, 1.54) is 6.92 Å². The summed E-state index contributed by atoms with van der Waals surface area (Å²) in [7, 11) is 0. The highest BCUT2D eigenvalue weighted by Crippen LogP contribution is 2.18. The van der Waals surface area contributed by atoms with Crippen LogP contribution in [0.25, 0.3) is 0 Å². The summed E-state index contributed by atoms with van der Waals surface area (Å²) in [5.41, 5.74) is 6.31. The molecule has 92 valence electrons. The van der Waals surface area contributed by atoms with Gasteiger partial charge in [-0.25, -0.2) is 0 Å². The zero-order chi connectivity index (χ0) is 13.1. The summed E-state index contributed by atoms with van der Waals surface area (Å²) >= 11 is 0. The van der Waals surface area contributed by atoms with Gasteiger partial charge in [-0.3, -0.25) is 9.59 Å². The Labute approximate surface area is 101 Å². The molecule has 4 nitrogen and oxygen atoms in total. The second-order valence-corrected chi connectivity index (χ2v) is 4.79. The van der Waals surface area contributed by atoms with Gasteiger partial charge in [0.1, 0.15) is 0 Å². The number of Topliss-reactive ketones (excluding diaryl/α,β-unsaturated/α-hetero) is 1. The van der Waals surface area contributed by atoms with E-state index in [9.17, 15) is 9.59 Å². The van der Waals surface area contributed by atoms with E-state index in [1.807, 2.05) is 26.0 Å². The fourth-order valence-electron chi connectivity index (χ4n) is 1.66. The Bertz CT molecular complexity index is 422. The average Bonchev–Trinajstić information content (AvgIpc) is 2.15. The number of primary amides is 1. The quantitative estimate of drug-likeness (QED) is 0.765. The SMILES string of the molecule is CC(=O)c1ccc(NC(C)(C)CC(N)=O)cc1. The number of benzene rings is 1. The molecule has 0 fully saturated rings. The molecule has 0 saturated carbocycles. The van der Waals surface area contributed by atoms with Crippen LogP contribution in [-0.2, 0) is 4.79 Å². The Morgan fingerprint density at radius 2 is 1.76 bits per heavy atom. The van der Waals surface area contributed by atoms with Gasteiger partial charge in [-0.1, -0.05) is 0 Å². The monoisotopic (exact) mass is 234 g/mol. The lowest BCUT2D eigenvalue weighted by Gasteiger charge is -2.26. The third-order valence-corrected chi connectivity index (χ3v) is 2.39. The molecule has 1 aromatic carbocycles. The number of amides is 1. The highest BCUT2D eigenvalue weighted by Gasteiger charge is 2.20. The Kier molecular flexibility index (Phi) is 3.89. The van der Waals surface area contributed by atoms with E-state index in [-0.39, 0.29) is 18.1 Å². The normalized spacial score (nSPS) is 11.0. The molecule has 1 aromatic rings. The summed E-state index contributed by atoms with van der Waals surface area (Å²) in [5, 5.41) is 3.20. The van der Waals surface area contributed by atoms with E-state index < -0.39 is 5.54 Å². The maximum atomic E-state index is 11.1. The van der Waals surface area contributed by atoms with Crippen LogP contribution in [0.1, 0.15) is 37.6 Å². The van der Waals surface area contributed by atoms with E-state index in [2.05, 4.69) is 5.32 Å². The molecule has 0 heterocycles. The highest BCUT2D eigenvalue weighted by atomic mass is 16.1. The van der Waals surface area contributed by atoms with Gasteiger partial charge in [0.2, 0.25) is 5.91 Å². The van der Waals surface area contributed by atoms with Crippen molar-refractivity contribution in [2.75, 3.05) is 5.32 Å². The first-order valence-electron chi connectivity index (χ1n) is 5.48. The summed E-state index contributed by atoms with van der Waals surface area (Å²) < 4.78 is 0. The first-order valence-corrected chi connectivity index (χ1v) is 5.48. The molecular formula is C13H18N2O2. The van der Waals surface area contributed by atoms with Crippen LogP contribution in [0.15, 0.2) is 24.3 Å². The van der Waals surface area contributed by atoms with Crippen LogP contribution in [-0.4, -0.2) is 17.2 Å². The number of hydrogen-bond donors (Lipinski definition) is 2. The summed E-state index contributed by atoms with van der Waals surface area (Å²) in [4.78, 5) is 22.0. The fraction of sp³-hybridized carbons (Fsp3) is 0.385. The van der Waals surface area contributed by atoms with Crippen LogP contribution in [0.3, 0.4) is 0 Å². The maximum Gasteiger partial charge on any atom is 0.219 e. The average molecular weight is 234 g/mol. The van der Waals surface area contributed by atoms with Gasteiger partial charge < -0.3 is 11.1 Å². The lowest BCUT2D eigenvalue weighted by molar-refractivity contribution is -0.118. The largest absolute Gasteiger partial charge is 0.380 e. The Balaban J connectivity index is 2.75. The Morgan fingerprint density at radius 1 is 1.24 bits per heavy atom. The van der Waals surface area contributed by atoms with Crippen molar-refractivity contribution in [1.29, 1.82) is 0 Å². The zero-order valence-corrected chi connectivity index (χ0v) is 10.4. The van der Waals surface area contributed by atoms with Crippen LogP contribution in [0.4, 0.5) is 5.69 Å². The van der Waals surface area contributed by atoms with Gasteiger partial charge in [-0.15, -0.1) is 0 Å². The standard InChI is InChI=1S/C13H18N2O2/c1-9(16)10-4-6-11(7-5-10)15-13(2,3)8-12(14)17/h4-7,15H,8H2,1-3H3,(H2,14,17). The molecule has 0 aliphatic carbocycles. The molecule has 0 radical (unpaired) electrons. The summed E-state index contributed by atoms with van der Waals surface area (Å²) in [6.45, 7) is 5.33. The van der Waals surface area contributed by atoms with Crippen molar-refractivity contribution in [3.63, 3.8) is 0 Å². The van der Waals surface area contributed by atoms with Gasteiger partial charge >= 0.3 is 0 Å². The van der Waals surface area contributed by atoms with Gasteiger partial charge in [0.05, 0.1) is 0 Å². The number of ketones is 1. The Morgan fingerprint density at radius 3 is 2.18 bits per heavy atom. The number of carbonyl (C=O) groups is 2. The van der Waals surface area contributed by atoms with E-state index in [4.69, 9.17) is 5.73 Å². The number of hydrogen-bond acceptors (Lipinski definition) is 3. The summed E-state index contributed by atoms with van der Waals surface area (Å²) in [6.07, 6.45) is 0.251. The van der Waals surface area contributed by atoms with Crippen molar-refractivity contribution in [3.8, 4) is 0 Å². The number of rotatable bonds is 5. The summed E-state index contributed by atoms with van der Waals surface area (Å²) in [6, 6.07) is 7.15. The van der Waals surface area contributed by atoms with E-state index in [0.29, 0.717) is 5.56 Å². The minimum Gasteiger partial charge on any atom is -0.380 e. The molecule has 0 saturated heterocycles. The van der Waals surface area contributed by atoms with Gasteiger partial charge in [-0.2, -0.15) is 0 Å². The van der Waals surface area contributed by atoms with Crippen LogP contribution >= 0.6 is 0 Å². The number of nitrogens with one attached hydrogen (secondary N) is 1. The fourth-order valence-corrected chi connectivity index (χ4v) is 1.66. The van der Waals surface area contributed by atoms with Crippen LogP contribution < -0.4 is 11.1 Å². The third-order valence-electron chi connectivity index (χ3n) is 2.39. The molecule has 0 aliphatic heterocycles. The molecule has 0 unspecified atom stereocenters. The first-order chi connectivity index (χ1) is 7.80. The number of carbonyl (C=O) groups excluding carboxylic acids is 2. The maximum absolute atomic E-state index is 11.1. The van der Waals surface area contributed by atoms with Gasteiger partial charge in [0.25, 0.3) is 0 Å². The van der Waals surface area contributed by atoms with Crippen molar-refractivity contribution in [2.24, 2.45) is 5.73 Å². The highest BCUT2D eigenvalue weighted by molar-refractivity contribution is 5.94. The molecule has 0 atom stereocenters. The smallest absolute Gasteiger partial charge is 0.219 e. The lowest BCUT2D eigenvalue weighted by Crippen LogP contribution is -2.35. The lowest BCUT2D eigenvalue weighted by atomic mass is 9.99. The molecule has 0 aliphatic rings. The van der Waals surface area contributed by atoms with Gasteiger partial charge in [0, 0.05) is 23.2 Å². The summed E-state index contributed by atoms with van der Waals surface area (Å²) in [5.74, 6) is -0.309. The van der Waals surface area contributed by atoms with Crippen molar-refractivity contribution < 1.29 is 9.59 Å². The predicted octanol–water partition coefficient (Wildman–Crippen LogP) is 1.96. The minimum absolute atomic E-state index is 0.0351. The van der Waals surface area contributed by atoms with Crippen molar-refractivity contribution >= 4 is 17.4 Å². The van der Waals surface area contributed by atoms with Crippen LogP contribution in [0.5, 0.6) is 0 Å². The van der Waals surface area contributed by atoms with Crippen molar-refractivity contribution in [1.82, 2.24) is 0 Å². The van der Waals surface area contributed by atoms with E-state index in [0.717, 1.165) is 5.69 Å². The predicted molar refractivity (Wildman–Crippen MR) is 68.0 cm³/mol. The molecule has 0 bridgehead atoms. The molecule has 0 spiro atoms. The third kappa shape index (κ3) is 4.26. The number of anilines is 1. The number of nitrogens with two attached hydrogens (primary N) is 1. The van der Waals surface area contributed by atoms with E-state index >= 15 is 0 Å². The van der Waals surface area contributed by atoms with E-state index in [1.54, 1.807) is 12.1 Å². The zero-order valence-electron chi connectivity index (χ0n) is 10.4. The van der Waals surface area contributed by atoms with Crippen LogP contribution in [0.2, 0.25) is 0 Å².